The van der Waals surface area contributed by atoms with Gasteiger partial charge in [-0.3, -0.25) is 18.8 Å². The van der Waals surface area contributed by atoms with E-state index < -0.39 is 17.4 Å². The van der Waals surface area contributed by atoms with E-state index in [0.29, 0.717) is 36.3 Å². The average molecular weight is 635 g/mol. The van der Waals surface area contributed by atoms with Gasteiger partial charge in [-0.1, -0.05) is 52.4 Å². The Morgan fingerprint density at radius 2 is 1.98 bits per heavy atom. The Labute approximate surface area is 251 Å². The molecule has 3 heterocycles. The number of methoxy groups -OCH3 is 1. The second kappa shape index (κ2) is 12.4. The molecule has 4 aromatic rings. The van der Waals surface area contributed by atoms with Gasteiger partial charge in [0.2, 0.25) is 0 Å². The maximum Gasteiger partial charge on any atom is 0.297 e. The van der Waals surface area contributed by atoms with Gasteiger partial charge in [-0.2, -0.15) is 0 Å². The number of carbonyl (C=O) groups excluding carboxylic acids is 1. The molecule has 2 N–H and O–H groups in total. The molecule has 42 heavy (non-hydrogen) atoms. The van der Waals surface area contributed by atoms with E-state index in [-0.39, 0.29) is 24.5 Å². The maximum atomic E-state index is 14.0. The number of halogens is 1. The van der Waals surface area contributed by atoms with Crippen molar-refractivity contribution in [2.45, 2.75) is 38.5 Å². The highest BCUT2D eigenvalue weighted by Crippen LogP contribution is 2.46. The molecule has 0 spiro atoms. The van der Waals surface area contributed by atoms with Crippen molar-refractivity contribution < 1.29 is 19.7 Å². The largest absolute Gasteiger partial charge is 0.491 e. The molecule has 0 aliphatic carbocycles. The smallest absolute Gasteiger partial charge is 0.297 e. The summed E-state index contributed by atoms with van der Waals surface area (Å²) in [5.41, 5.74) is 1.28. The molecule has 2 aromatic heterocycles. The highest BCUT2D eigenvalue weighted by atomic mass is 79.9. The summed E-state index contributed by atoms with van der Waals surface area (Å²) in [6.45, 7) is 2.63. The Morgan fingerprint density at radius 3 is 2.76 bits per heavy atom. The Kier molecular flexibility index (Phi) is 8.72. The van der Waals surface area contributed by atoms with Crippen LogP contribution in [0.3, 0.4) is 0 Å². The second-order valence-electron chi connectivity index (χ2n) is 10.2. The van der Waals surface area contributed by atoms with Gasteiger partial charge in [-0.05, 0) is 54.4 Å². The number of aryl methyl sites for hydroxylation is 1. The number of amides is 1. The molecule has 2 atom stereocenters. The minimum atomic E-state index is -1.77. The van der Waals surface area contributed by atoms with Gasteiger partial charge in [0, 0.05) is 53.6 Å². The number of rotatable bonds is 11. The third-order valence-corrected chi connectivity index (χ3v) is 7.95. The van der Waals surface area contributed by atoms with Gasteiger partial charge in [-0.25, -0.2) is 0 Å². The number of aliphatic hydroxyl groups excluding tert-OH is 1. The van der Waals surface area contributed by atoms with Crippen LogP contribution in [0.25, 0.3) is 5.69 Å². The van der Waals surface area contributed by atoms with Gasteiger partial charge in [0.05, 0.1) is 25.0 Å². The van der Waals surface area contributed by atoms with E-state index in [2.05, 4.69) is 26.2 Å². The van der Waals surface area contributed by atoms with Crippen molar-refractivity contribution in [2.24, 2.45) is 5.92 Å². The zero-order chi connectivity index (χ0) is 29.9. The fraction of sp³-hybridized carbons (Fsp3) is 0.290. The number of carbonyl (C=O) groups is 1. The number of hydrogen-bond donors (Lipinski definition) is 2. The molecule has 1 aliphatic heterocycles. The predicted molar refractivity (Wildman–Crippen MR) is 162 cm³/mol. The van der Waals surface area contributed by atoms with Crippen molar-refractivity contribution in [3.05, 3.63) is 111 Å². The molecule has 2 aromatic carbocycles. The van der Waals surface area contributed by atoms with Crippen LogP contribution >= 0.6 is 15.9 Å². The lowest BCUT2D eigenvalue weighted by atomic mass is 9.83. The quantitative estimate of drug-likeness (QED) is 0.241. The Balaban J connectivity index is 1.38. The summed E-state index contributed by atoms with van der Waals surface area (Å²) >= 11 is 3.50. The summed E-state index contributed by atoms with van der Waals surface area (Å²) in [4.78, 5) is 28.4. The van der Waals surface area contributed by atoms with E-state index in [1.165, 1.54) is 11.7 Å². The number of benzene rings is 2. The van der Waals surface area contributed by atoms with Crippen LogP contribution in [0.4, 0.5) is 5.69 Å². The van der Waals surface area contributed by atoms with Gasteiger partial charge in [0.1, 0.15) is 0 Å². The number of ether oxygens (including phenoxy) is 1. The SMILES string of the molecule is COc1cccn(-c2cccc(CN3C(=O)[C@](O)([C@H](C)/C=C/CCn4cc(CCO)nn4)c4cc(Br)ccc43)c2)c1=O. The van der Waals surface area contributed by atoms with E-state index in [1.807, 2.05) is 55.5 Å². The Morgan fingerprint density at radius 1 is 1.14 bits per heavy atom. The van der Waals surface area contributed by atoms with Crippen LogP contribution in [0.15, 0.2) is 88.4 Å². The van der Waals surface area contributed by atoms with Crippen molar-refractivity contribution in [3.63, 3.8) is 0 Å². The van der Waals surface area contributed by atoms with Crippen LogP contribution < -0.4 is 15.2 Å². The van der Waals surface area contributed by atoms with Crippen LogP contribution in [0.2, 0.25) is 0 Å². The third-order valence-electron chi connectivity index (χ3n) is 7.46. The lowest BCUT2D eigenvalue weighted by molar-refractivity contribution is -0.139. The monoisotopic (exact) mass is 633 g/mol. The standard InChI is InChI=1S/C31H32BrN5O5/c1-21(7-3-4-14-35-20-24(13-16-38)33-34-35)31(41)26-18-23(32)11-12-27(26)37(30(31)40)19-22-8-5-9-25(17-22)36-15-6-10-28(42-2)29(36)39/h3,5-12,15,17-18,20-21,38,41H,4,13-14,16,19H2,1-2H3/b7-3+/t21-,31+/m1/s1. The molecule has 218 valence electrons. The molecule has 0 saturated carbocycles. The van der Waals surface area contributed by atoms with E-state index in [4.69, 9.17) is 9.84 Å². The number of pyridine rings is 1. The summed E-state index contributed by atoms with van der Waals surface area (Å²) in [6, 6.07) is 16.2. The molecule has 5 rings (SSSR count). The molecular formula is C31H32BrN5O5. The predicted octanol–water partition coefficient (Wildman–Crippen LogP) is 3.75. The molecular weight excluding hydrogens is 602 g/mol. The van der Waals surface area contributed by atoms with Gasteiger partial charge in [-0.15, -0.1) is 5.10 Å². The van der Waals surface area contributed by atoms with Gasteiger partial charge >= 0.3 is 0 Å². The summed E-state index contributed by atoms with van der Waals surface area (Å²) in [7, 11) is 1.45. The molecule has 0 unspecified atom stereocenters. The van der Waals surface area contributed by atoms with Crippen LogP contribution in [-0.4, -0.2) is 49.4 Å². The minimum absolute atomic E-state index is 0.0189. The van der Waals surface area contributed by atoms with E-state index in [1.54, 1.807) is 40.2 Å². The number of aromatic nitrogens is 4. The molecule has 0 saturated heterocycles. The van der Waals surface area contributed by atoms with Crippen LogP contribution in [0.1, 0.15) is 30.2 Å². The molecule has 0 radical (unpaired) electrons. The van der Waals surface area contributed by atoms with Crippen LogP contribution in [0.5, 0.6) is 5.75 Å². The fourth-order valence-electron chi connectivity index (χ4n) is 5.22. The van der Waals surface area contributed by atoms with Crippen molar-refractivity contribution in [1.29, 1.82) is 0 Å². The zero-order valence-corrected chi connectivity index (χ0v) is 24.9. The van der Waals surface area contributed by atoms with Crippen LogP contribution in [0, 0.1) is 5.92 Å². The lowest BCUT2D eigenvalue weighted by Crippen LogP contribution is -2.44. The van der Waals surface area contributed by atoms with E-state index in [9.17, 15) is 14.7 Å². The van der Waals surface area contributed by atoms with Gasteiger partial charge in [0.15, 0.2) is 11.4 Å². The topological polar surface area (TPSA) is 123 Å². The third kappa shape index (κ3) is 5.67. The zero-order valence-electron chi connectivity index (χ0n) is 23.4. The first-order chi connectivity index (χ1) is 20.3. The van der Waals surface area contributed by atoms with Gasteiger partial charge < -0.3 is 19.8 Å². The normalized spacial score (nSPS) is 17.2. The molecule has 10 nitrogen and oxygen atoms in total. The van der Waals surface area contributed by atoms with Crippen molar-refractivity contribution in [1.82, 2.24) is 19.6 Å². The summed E-state index contributed by atoms with van der Waals surface area (Å²) < 4.78 is 9.14. The van der Waals surface area contributed by atoms with E-state index >= 15 is 0 Å². The maximum absolute atomic E-state index is 14.0. The van der Waals surface area contributed by atoms with Crippen LogP contribution in [-0.2, 0) is 29.9 Å². The number of hydrogen-bond acceptors (Lipinski definition) is 7. The highest BCUT2D eigenvalue weighted by molar-refractivity contribution is 9.10. The first kappa shape index (κ1) is 29.4. The Hall–Kier alpha value is -4.06. The number of aliphatic hydroxyl groups is 2. The van der Waals surface area contributed by atoms with Gasteiger partial charge in [0.25, 0.3) is 11.5 Å². The minimum Gasteiger partial charge on any atom is -0.491 e. The first-order valence-corrected chi connectivity index (χ1v) is 14.4. The first-order valence-electron chi connectivity index (χ1n) is 13.6. The van der Waals surface area contributed by atoms with Crippen molar-refractivity contribution in [3.8, 4) is 11.4 Å². The number of allylic oxidation sites excluding steroid dienone is 1. The molecule has 0 bridgehead atoms. The average Bonchev–Trinajstić information content (AvgIpc) is 3.52. The lowest BCUT2D eigenvalue weighted by Gasteiger charge is -2.28. The van der Waals surface area contributed by atoms with Crippen molar-refractivity contribution in [2.75, 3.05) is 18.6 Å². The number of anilines is 1. The molecule has 1 aliphatic rings. The number of nitrogens with zero attached hydrogens (tertiary/aromatic N) is 5. The van der Waals surface area contributed by atoms with Crippen molar-refractivity contribution >= 4 is 27.5 Å². The summed E-state index contributed by atoms with van der Waals surface area (Å²) in [5.74, 6) is -0.705. The summed E-state index contributed by atoms with van der Waals surface area (Å²) in [5, 5.41) is 29.1. The fourth-order valence-corrected chi connectivity index (χ4v) is 5.58. The number of fused-ring (bicyclic) bond motifs is 1. The highest BCUT2D eigenvalue weighted by Gasteiger charge is 2.52. The molecule has 0 fully saturated rings. The second-order valence-corrected chi connectivity index (χ2v) is 11.1. The van der Waals surface area contributed by atoms with E-state index in [0.717, 1.165) is 15.7 Å². The molecule has 11 heteroatoms. The summed E-state index contributed by atoms with van der Waals surface area (Å²) in [6.07, 6.45) is 8.33. The Bertz CT molecular complexity index is 1680. The molecule has 1 amide bonds.